The van der Waals surface area contributed by atoms with Gasteiger partial charge >= 0.3 is 5.97 Å². The molecule has 0 aliphatic heterocycles. The lowest BCUT2D eigenvalue weighted by atomic mass is 9.92. The van der Waals surface area contributed by atoms with E-state index in [9.17, 15) is 9.90 Å². The lowest BCUT2D eigenvalue weighted by Gasteiger charge is -2.18. The van der Waals surface area contributed by atoms with Crippen molar-refractivity contribution in [2.75, 3.05) is 0 Å². The normalized spacial score (nSPS) is 12.4. The molecule has 3 aromatic rings. The third-order valence-electron chi connectivity index (χ3n) is 4.37. The summed E-state index contributed by atoms with van der Waals surface area (Å²) in [6.07, 6.45) is 0. The lowest BCUT2D eigenvalue weighted by Crippen LogP contribution is -2.20. The zero-order valence-corrected chi connectivity index (χ0v) is 16.4. The van der Waals surface area contributed by atoms with Crippen LogP contribution in [0.1, 0.15) is 35.9 Å². The van der Waals surface area contributed by atoms with Gasteiger partial charge in [0, 0.05) is 22.2 Å². The molecule has 5 nitrogen and oxygen atoms in total. The molecule has 0 saturated heterocycles. The highest BCUT2D eigenvalue weighted by molar-refractivity contribution is 6.32. The number of rotatable bonds is 5. The summed E-state index contributed by atoms with van der Waals surface area (Å²) in [6, 6.07) is 13.7. The second-order valence-electron chi connectivity index (χ2n) is 6.56. The second kappa shape index (κ2) is 7.72. The van der Waals surface area contributed by atoms with E-state index in [2.05, 4.69) is 5.10 Å². The SMILES string of the molecule is CC(C)C(N)c1c(C(=O)O)nn(-c2ccccc2Cl)c1-c1ccc(Cl)cc1. The van der Waals surface area contributed by atoms with Gasteiger partial charge < -0.3 is 10.8 Å². The summed E-state index contributed by atoms with van der Waals surface area (Å²) in [5, 5.41) is 15.2. The molecule has 2 aromatic carbocycles. The van der Waals surface area contributed by atoms with Crippen molar-refractivity contribution >= 4 is 29.2 Å². The predicted octanol–water partition coefficient (Wildman–Crippen LogP) is 5.20. The molecule has 3 N–H and O–H groups in total. The van der Waals surface area contributed by atoms with E-state index in [4.69, 9.17) is 28.9 Å². The Balaban J connectivity index is 2.40. The summed E-state index contributed by atoms with van der Waals surface area (Å²) in [5.74, 6) is -1.12. The summed E-state index contributed by atoms with van der Waals surface area (Å²) < 4.78 is 1.55. The number of hydrogen-bond donors (Lipinski definition) is 2. The first-order valence-corrected chi connectivity index (χ1v) is 9.19. The Labute approximate surface area is 167 Å². The van der Waals surface area contributed by atoms with Gasteiger partial charge in [-0.05, 0) is 30.2 Å². The Hall–Kier alpha value is -2.34. The maximum atomic E-state index is 11.9. The minimum absolute atomic E-state index is 0.0121. The number of aromatic carboxylic acids is 1. The molecule has 27 heavy (non-hydrogen) atoms. The summed E-state index contributed by atoms with van der Waals surface area (Å²) >= 11 is 12.4. The van der Waals surface area contributed by atoms with Gasteiger partial charge in [0.1, 0.15) is 0 Å². The van der Waals surface area contributed by atoms with Crippen LogP contribution >= 0.6 is 23.2 Å². The minimum Gasteiger partial charge on any atom is -0.476 e. The van der Waals surface area contributed by atoms with Crippen molar-refractivity contribution in [2.24, 2.45) is 11.7 Å². The molecule has 140 valence electrons. The predicted molar refractivity (Wildman–Crippen MR) is 108 cm³/mol. The first-order chi connectivity index (χ1) is 12.8. The third kappa shape index (κ3) is 3.72. The van der Waals surface area contributed by atoms with Gasteiger partial charge in [0.05, 0.1) is 16.4 Å². The van der Waals surface area contributed by atoms with Crippen LogP contribution in [-0.2, 0) is 0 Å². The van der Waals surface area contributed by atoms with Crippen LogP contribution in [0.5, 0.6) is 0 Å². The largest absolute Gasteiger partial charge is 0.476 e. The highest BCUT2D eigenvalue weighted by Gasteiger charge is 2.30. The first kappa shape index (κ1) is 19.4. The Morgan fingerprint density at radius 2 is 1.74 bits per heavy atom. The maximum Gasteiger partial charge on any atom is 0.356 e. The lowest BCUT2D eigenvalue weighted by molar-refractivity contribution is 0.0688. The Kier molecular flexibility index (Phi) is 5.56. The van der Waals surface area contributed by atoms with Crippen LogP contribution in [0, 0.1) is 5.92 Å². The number of para-hydroxylation sites is 1. The molecular formula is C20H19Cl2N3O2. The first-order valence-electron chi connectivity index (χ1n) is 8.44. The zero-order valence-electron chi connectivity index (χ0n) is 14.9. The van der Waals surface area contributed by atoms with Gasteiger partial charge in [-0.3, -0.25) is 0 Å². The molecular weight excluding hydrogens is 385 g/mol. The Morgan fingerprint density at radius 3 is 2.30 bits per heavy atom. The van der Waals surface area contributed by atoms with Crippen LogP contribution < -0.4 is 5.73 Å². The fourth-order valence-corrected chi connectivity index (χ4v) is 3.26. The molecule has 3 rings (SSSR count). The highest BCUT2D eigenvalue weighted by atomic mass is 35.5. The summed E-state index contributed by atoms with van der Waals surface area (Å²) in [6.45, 7) is 3.88. The van der Waals surface area contributed by atoms with E-state index < -0.39 is 12.0 Å². The van der Waals surface area contributed by atoms with Crippen molar-refractivity contribution in [1.29, 1.82) is 0 Å². The molecule has 0 bridgehead atoms. The summed E-state index contributed by atoms with van der Waals surface area (Å²) in [5.41, 5.74) is 8.72. The molecule has 0 spiro atoms. The number of nitrogens with zero attached hydrogens (tertiary/aromatic N) is 2. The monoisotopic (exact) mass is 403 g/mol. The van der Waals surface area contributed by atoms with E-state index in [0.717, 1.165) is 5.56 Å². The topological polar surface area (TPSA) is 81.1 Å². The number of hydrogen-bond acceptors (Lipinski definition) is 3. The van der Waals surface area contributed by atoms with Gasteiger partial charge in [-0.2, -0.15) is 5.10 Å². The average Bonchev–Trinajstić information content (AvgIpc) is 3.02. The minimum atomic E-state index is -1.14. The van der Waals surface area contributed by atoms with Crippen molar-refractivity contribution in [1.82, 2.24) is 9.78 Å². The Bertz CT molecular complexity index is 981. The number of aromatic nitrogens is 2. The molecule has 1 heterocycles. The van der Waals surface area contributed by atoms with E-state index in [1.165, 1.54) is 0 Å². The number of nitrogens with two attached hydrogens (primary N) is 1. The average molecular weight is 404 g/mol. The van der Waals surface area contributed by atoms with Gasteiger partial charge in [0.25, 0.3) is 0 Å². The van der Waals surface area contributed by atoms with Crippen molar-refractivity contribution < 1.29 is 9.90 Å². The van der Waals surface area contributed by atoms with Crippen LogP contribution in [-0.4, -0.2) is 20.9 Å². The molecule has 0 fully saturated rings. The number of carboxylic acids is 1. The number of benzene rings is 2. The number of halogens is 2. The number of carboxylic acid groups (broad SMARTS) is 1. The standard InChI is InChI=1S/C20H19Cl2N3O2/c1-11(2)17(23)16-18(20(26)27)24-25(15-6-4-3-5-14(15)22)19(16)12-7-9-13(21)10-8-12/h3-11,17H,23H2,1-2H3,(H,26,27). The van der Waals surface area contributed by atoms with E-state index in [1.807, 2.05) is 32.0 Å². The fraction of sp³-hybridized carbons (Fsp3) is 0.200. The summed E-state index contributed by atoms with van der Waals surface area (Å²) in [4.78, 5) is 11.9. The van der Waals surface area contributed by atoms with Crippen LogP contribution in [0.3, 0.4) is 0 Å². The molecule has 0 saturated carbocycles. The van der Waals surface area contributed by atoms with Crippen molar-refractivity contribution in [3.8, 4) is 16.9 Å². The van der Waals surface area contributed by atoms with Crippen molar-refractivity contribution in [3.63, 3.8) is 0 Å². The highest BCUT2D eigenvalue weighted by Crippen LogP contribution is 2.37. The van der Waals surface area contributed by atoms with Gasteiger partial charge in [-0.25, -0.2) is 9.48 Å². The molecule has 0 aliphatic rings. The second-order valence-corrected chi connectivity index (χ2v) is 7.40. The third-order valence-corrected chi connectivity index (χ3v) is 4.95. The molecule has 1 unspecified atom stereocenters. The zero-order chi connectivity index (χ0) is 19.7. The number of carbonyl (C=O) groups is 1. The van der Waals surface area contributed by atoms with E-state index in [-0.39, 0.29) is 11.6 Å². The van der Waals surface area contributed by atoms with Gasteiger partial charge in [-0.1, -0.05) is 61.3 Å². The van der Waals surface area contributed by atoms with Crippen LogP contribution in [0.15, 0.2) is 48.5 Å². The molecule has 1 atom stereocenters. The molecule has 7 heteroatoms. The van der Waals surface area contributed by atoms with Gasteiger partial charge in [0.15, 0.2) is 5.69 Å². The van der Waals surface area contributed by atoms with Crippen LogP contribution in [0.25, 0.3) is 16.9 Å². The van der Waals surface area contributed by atoms with Crippen molar-refractivity contribution in [3.05, 3.63) is 69.8 Å². The molecule has 0 amide bonds. The van der Waals surface area contributed by atoms with Crippen LogP contribution in [0.2, 0.25) is 10.0 Å². The van der Waals surface area contributed by atoms with Crippen molar-refractivity contribution in [2.45, 2.75) is 19.9 Å². The van der Waals surface area contributed by atoms with Gasteiger partial charge in [-0.15, -0.1) is 0 Å². The molecule has 0 radical (unpaired) electrons. The molecule has 1 aromatic heterocycles. The molecule has 0 aliphatic carbocycles. The maximum absolute atomic E-state index is 11.9. The smallest absolute Gasteiger partial charge is 0.356 e. The fourth-order valence-electron chi connectivity index (χ4n) is 2.92. The van der Waals surface area contributed by atoms with Gasteiger partial charge in [0.2, 0.25) is 0 Å². The quantitative estimate of drug-likeness (QED) is 0.613. The van der Waals surface area contributed by atoms with E-state index >= 15 is 0 Å². The van der Waals surface area contributed by atoms with E-state index in [0.29, 0.717) is 27.0 Å². The Morgan fingerprint density at radius 1 is 1.11 bits per heavy atom. The summed E-state index contributed by atoms with van der Waals surface area (Å²) in [7, 11) is 0. The van der Waals surface area contributed by atoms with Crippen LogP contribution in [0.4, 0.5) is 0 Å². The van der Waals surface area contributed by atoms with E-state index in [1.54, 1.807) is 35.0 Å².